The predicted molar refractivity (Wildman–Crippen MR) is 109 cm³/mol. The lowest BCUT2D eigenvalue weighted by molar-refractivity contribution is -0.142. The van der Waals surface area contributed by atoms with Gasteiger partial charge < -0.3 is 36.9 Å². The van der Waals surface area contributed by atoms with E-state index >= 15 is 0 Å². The van der Waals surface area contributed by atoms with Gasteiger partial charge in [-0.3, -0.25) is 14.4 Å². The second-order valence-electron chi connectivity index (χ2n) is 6.94. The number of amides is 3. The third-order valence-corrected chi connectivity index (χ3v) is 4.56. The number of thiol groups is 1. The summed E-state index contributed by atoms with van der Waals surface area (Å²) < 4.78 is 0. The Morgan fingerprint density at radius 3 is 2.23 bits per heavy atom. The average molecular weight is 445 g/mol. The summed E-state index contributed by atoms with van der Waals surface area (Å²) in [6.45, 7) is 2.59. The van der Waals surface area contributed by atoms with Crippen LogP contribution in [0.25, 0.3) is 0 Å². The van der Waals surface area contributed by atoms with Crippen LogP contribution in [0.4, 0.5) is 0 Å². The zero-order valence-corrected chi connectivity index (χ0v) is 17.6. The lowest BCUT2D eigenvalue weighted by atomic mass is 10.0. The predicted octanol–water partition coefficient (Wildman–Crippen LogP) is -2.60. The molecule has 0 saturated carbocycles. The van der Waals surface area contributed by atoms with Crippen LogP contribution in [0.1, 0.15) is 19.5 Å². The summed E-state index contributed by atoms with van der Waals surface area (Å²) in [6, 6.07) is -4.67. The fourth-order valence-electron chi connectivity index (χ4n) is 2.43. The zero-order valence-electron chi connectivity index (χ0n) is 16.7. The van der Waals surface area contributed by atoms with Crippen LogP contribution in [0.3, 0.4) is 0 Å². The normalized spacial score (nSPS) is 15.0. The molecule has 0 aliphatic heterocycles. The van der Waals surface area contributed by atoms with Crippen LogP contribution in [0.5, 0.6) is 0 Å². The maximum Gasteiger partial charge on any atom is 0.327 e. The van der Waals surface area contributed by atoms with Crippen LogP contribution in [0.15, 0.2) is 12.5 Å². The number of nitrogens with one attached hydrogen (secondary N) is 4. The third kappa shape index (κ3) is 7.65. The second-order valence-corrected chi connectivity index (χ2v) is 7.31. The Labute approximate surface area is 178 Å². The minimum Gasteiger partial charge on any atom is -0.480 e. The van der Waals surface area contributed by atoms with Crippen LogP contribution < -0.4 is 21.7 Å². The number of imidazole rings is 1. The Balaban J connectivity index is 2.75. The summed E-state index contributed by atoms with van der Waals surface area (Å²) in [7, 11) is 0. The number of aromatic nitrogens is 2. The van der Waals surface area contributed by atoms with Gasteiger partial charge in [0.05, 0.1) is 19.0 Å². The van der Waals surface area contributed by atoms with Gasteiger partial charge in [0.1, 0.15) is 18.1 Å². The van der Waals surface area contributed by atoms with Gasteiger partial charge in [-0.25, -0.2) is 9.78 Å². The van der Waals surface area contributed by atoms with Gasteiger partial charge in [0.15, 0.2) is 0 Å². The van der Waals surface area contributed by atoms with Crippen LogP contribution in [0.2, 0.25) is 0 Å². The minimum absolute atomic E-state index is 0.175. The average Bonchev–Trinajstić information content (AvgIpc) is 3.19. The van der Waals surface area contributed by atoms with Crippen molar-refractivity contribution in [3.63, 3.8) is 0 Å². The van der Waals surface area contributed by atoms with Gasteiger partial charge in [-0.2, -0.15) is 12.6 Å². The second kappa shape index (κ2) is 12.1. The van der Waals surface area contributed by atoms with Crippen LogP contribution in [0, 0.1) is 5.92 Å². The molecule has 1 rings (SSSR count). The Kier molecular flexibility index (Phi) is 10.3. The van der Waals surface area contributed by atoms with Gasteiger partial charge >= 0.3 is 5.97 Å². The molecule has 0 aliphatic carbocycles. The SMILES string of the molecule is CC(C)C(NC(=O)C(N)Cc1cnc[nH]1)C(=O)NC(CO)C(=O)NC(CS)C(=O)O. The topological polar surface area (TPSA) is 200 Å². The van der Waals surface area contributed by atoms with Crippen molar-refractivity contribution in [1.82, 2.24) is 25.9 Å². The summed E-state index contributed by atoms with van der Waals surface area (Å²) in [5.41, 5.74) is 6.52. The van der Waals surface area contributed by atoms with E-state index in [1.165, 1.54) is 12.5 Å². The number of rotatable bonds is 12. The highest BCUT2D eigenvalue weighted by molar-refractivity contribution is 7.80. The lowest BCUT2D eigenvalue weighted by Gasteiger charge is -2.26. The van der Waals surface area contributed by atoms with E-state index in [0.29, 0.717) is 5.69 Å². The molecule has 1 aromatic heterocycles. The van der Waals surface area contributed by atoms with Crippen LogP contribution in [-0.2, 0) is 25.6 Å². The summed E-state index contributed by atoms with van der Waals surface area (Å²) in [4.78, 5) is 54.9. The monoisotopic (exact) mass is 444 g/mol. The smallest absolute Gasteiger partial charge is 0.327 e. The lowest BCUT2D eigenvalue weighted by Crippen LogP contribution is -2.59. The van der Waals surface area contributed by atoms with Crippen molar-refractivity contribution in [1.29, 1.82) is 0 Å². The number of carbonyl (C=O) groups excluding carboxylic acids is 3. The van der Waals surface area contributed by atoms with Crippen molar-refractivity contribution in [3.8, 4) is 0 Å². The number of hydrogen-bond acceptors (Lipinski definition) is 8. The molecule has 1 heterocycles. The molecular formula is C17H28N6O6S. The fourth-order valence-corrected chi connectivity index (χ4v) is 2.68. The van der Waals surface area contributed by atoms with E-state index in [-0.39, 0.29) is 18.1 Å². The maximum atomic E-state index is 12.6. The number of carboxylic acids is 1. The first-order valence-corrected chi connectivity index (χ1v) is 9.82. The molecule has 1 aromatic rings. The van der Waals surface area contributed by atoms with Crippen molar-refractivity contribution in [2.24, 2.45) is 11.7 Å². The third-order valence-electron chi connectivity index (χ3n) is 4.19. The molecule has 0 saturated heterocycles. The molecule has 0 radical (unpaired) electrons. The molecule has 3 amide bonds. The molecular weight excluding hydrogens is 416 g/mol. The number of aliphatic hydroxyl groups excluding tert-OH is 1. The Morgan fingerprint density at radius 2 is 1.77 bits per heavy atom. The van der Waals surface area contributed by atoms with Gasteiger partial charge in [-0.1, -0.05) is 13.8 Å². The van der Waals surface area contributed by atoms with Crippen molar-refractivity contribution in [2.45, 2.75) is 44.4 Å². The highest BCUT2D eigenvalue weighted by atomic mass is 32.1. The highest BCUT2D eigenvalue weighted by Gasteiger charge is 2.31. The first kappa shape index (κ1) is 25.4. The van der Waals surface area contributed by atoms with E-state index < -0.39 is 54.5 Å². The number of H-pyrrole nitrogens is 1. The van der Waals surface area contributed by atoms with E-state index in [2.05, 4.69) is 38.5 Å². The standard InChI is InChI=1S/C17H28N6O6S/c1-8(2)13(23-14(25)10(18)3-9-4-19-7-20-9)16(27)21-11(5-24)15(26)22-12(6-30)17(28)29/h4,7-8,10-13,24,30H,3,5-6,18H2,1-2H3,(H,19,20)(H,21,27)(H,22,26)(H,23,25)(H,28,29). The van der Waals surface area contributed by atoms with Crippen molar-refractivity contribution >= 4 is 36.3 Å². The molecule has 0 aliphatic rings. The molecule has 8 N–H and O–H groups in total. The molecule has 12 nitrogen and oxygen atoms in total. The molecule has 0 fully saturated rings. The molecule has 168 valence electrons. The van der Waals surface area contributed by atoms with Gasteiger partial charge in [0.2, 0.25) is 17.7 Å². The molecule has 0 spiro atoms. The molecule has 13 heteroatoms. The Morgan fingerprint density at radius 1 is 1.13 bits per heavy atom. The van der Waals surface area contributed by atoms with Crippen molar-refractivity contribution in [3.05, 3.63) is 18.2 Å². The van der Waals surface area contributed by atoms with Crippen molar-refractivity contribution < 1.29 is 29.4 Å². The van der Waals surface area contributed by atoms with E-state index in [1.807, 2.05) is 0 Å². The number of aliphatic carboxylic acids is 1. The molecule has 0 aromatic carbocycles. The highest BCUT2D eigenvalue weighted by Crippen LogP contribution is 2.05. The number of nitrogens with two attached hydrogens (primary N) is 1. The first-order chi connectivity index (χ1) is 14.1. The first-order valence-electron chi connectivity index (χ1n) is 9.19. The summed E-state index contributed by atoms with van der Waals surface area (Å²) in [5.74, 6) is -4.04. The number of hydrogen-bond donors (Lipinski definition) is 8. The summed E-state index contributed by atoms with van der Waals surface area (Å²) >= 11 is 3.83. The minimum atomic E-state index is -1.41. The number of carbonyl (C=O) groups is 4. The molecule has 30 heavy (non-hydrogen) atoms. The number of carboxylic acid groups (broad SMARTS) is 1. The van der Waals surface area contributed by atoms with E-state index in [9.17, 15) is 24.3 Å². The number of aromatic amines is 1. The number of nitrogens with zero attached hydrogens (tertiary/aromatic N) is 1. The Bertz CT molecular complexity index is 728. The van der Waals surface area contributed by atoms with Gasteiger partial charge in [-0.05, 0) is 5.92 Å². The van der Waals surface area contributed by atoms with E-state index in [1.54, 1.807) is 13.8 Å². The summed E-state index contributed by atoms with van der Waals surface area (Å²) in [6.07, 6.45) is 3.16. The fraction of sp³-hybridized carbons (Fsp3) is 0.588. The quantitative estimate of drug-likeness (QED) is 0.160. The van der Waals surface area contributed by atoms with Crippen molar-refractivity contribution in [2.75, 3.05) is 12.4 Å². The molecule has 4 unspecified atom stereocenters. The maximum absolute atomic E-state index is 12.6. The number of aliphatic hydroxyl groups is 1. The largest absolute Gasteiger partial charge is 0.480 e. The van der Waals surface area contributed by atoms with Gasteiger partial charge in [0, 0.05) is 24.1 Å². The molecule has 4 atom stereocenters. The zero-order chi connectivity index (χ0) is 22.8. The summed E-state index contributed by atoms with van der Waals surface area (Å²) in [5, 5.41) is 25.4. The van der Waals surface area contributed by atoms with Gasteiger partial charge in [-0.15, -0.1) is 0 Å². The van der Waals surface area contributed by atoms with Crippen LogP contribution >= 0.6 is 12.6 Å². The molecule has 0 bridgehead atoms. The Hall–Kier alpha value is -2.64. The van der Waals surface area contributed by atoms with Gasteiger partial charge in [0.25, 0.3) is 0 Å². The van der Waals surface area contributed by atoms with E-state index in [0.717, 1.165) is 0 Å². The van der Waals surface area contributed by atoms with E-state index in [4.69, 9.17) is 10.8 Å². The van der Waals surface area contributed by atoms with Crippen LogP contribution in [-0.4, -0.2) is 80.4 Å².